The van der Waals surface area contributed by atoms with Crippen LogP contribution in [-0.4, -0.2) is 71.4 Å². The number of carboxylic acid groups (broad SMARTS) is 1. The van der Waals surface area contributed by atoms with Gasteiger partial charge in [-0.1, -0.05) is 0 Å². The summed E-state index contributed by atoms with van der Waals surface area (Å²) in [7, 11) is -3.95. The van der Waals surface area contributed by atoms with Crippen molar-refractivity contribution >= 4 is 13.6 Å². The molecule has 0 saturated carbocycles. The second-order valence-electron chi connectivity index (χ2n) is 5.60. The molecule has 0 bridgehead atoms. The molecule has 1 aromatic rings. The summed E-state index contributed by atoms with van der Waals surface area (Å²) in [5.41, 5.74) is -1.67. The smallest absolute Gasteiger partial charge is 0.365 e. The van der Waals surface area contributed by atoms with Gasteiger partial charge in [-0.05, 0) is 0 Å². The molecular weight excluding hydrogens is 379 g/mol. The maximum absolute atomic E-state index is 12.1. The van der Waals surface area contributed by atoms with Crippen molar-refractivity contribution in [2.45, 2.75) is 30.3 Å². The fourth-order valence-electron chi connectivity index (χ4n) is 2.43. The van der Waals surface area contributed by atoms with E-state index >= 15 is 0 Å². The number of carboxylic acids is 1. The van der Waals surface area contributed by atoms with Gasteiger partial charge in [0.25, 0.3) is 11.4 Å². The van der Waals surface area contributed by atoms with Crippen molar-refractivity contribution in [2.75, 3.05) is 6.61 Å². The maximum atomic E-state index is 12.1. The normalized spacial score (nSPS) is 27.4. The molecule has 2 heterocycles. The number of aromatic nitrogens is 2. The monoisotopic (exact) mass is 396 g/mol. The number of aliphatic hydroxyl groups excluding tert-OH is 2. The van der Waals surface area contributed by atoms with Crippen LogP contribution in [0.2, 0.25) is 0 Å². The van der Waals surface area contributed by atoms with E-state index in [9.17, 15) is 29.2 Å². The Hall–Kier alpha value is -1.86. The lowest BCUT2D eigenvalue weighted by Crippen LogP contribution is -2.38. The van der Waals surface area contributed by atoms with E-state index in [1.165, 1.54) is 7.05 Å². The molecule has 1 fully saturated rings. The number of ether oxygens (including phenoxy) is 2. The van der Waals surface area contributed by atoms with Gasteiger partial charge >= 0.3 is 19.3 Å². The predicted octanol–water partition coefficient (Wildman–Crippen LogP) is -3.16. The minimum absolute atomic E-state index is 0.175. The van der Waals surface area contributed by atoms with Crippen LogP contribution in [0, 0.1) is 0 Å². The Bertz CT molecular complexity index is 842. The molecule has 0 unspecified atom stereocenters. The van der Waals surface area contributed by atoms with Crippen molar-refractivity contribution in [1.82, 2.24) is 9.55 Å². The molecule has 6 N–H and O–H groups in total. The Labute approximate surface area is 144 Å². The molecule has 1 aliphatic rings. The number of H-pyrrole nitrogens is 1. The number of rotatable bonds is 6. The van der Waals surface area contributed by atoms with Crippen molar-refractivity contribution < 1.29 is 43.9 Å². The van der Waals surface area contributed by atoms with Gasteiger partial charge in [0, 0.05) is 13.2 Å². The zero-order valence-corrected chi connectivity index (χ0v) is 14.1. The number of hydrogen-bond donors (Lipinski definition) is 6. The average Bonchev–Trinajstić information content (AvgIpc) is 2.80. The van der Waals surface area contributed by atoms with Crippen LogP contribution in [0.1, 0.15) is 11.7 Å². The molecule has 26 heavy (non-hydrogen) atoms. The number of aliphatic carboxylic acids is 1. The van der Waals surface area contributed by atoms with Gasteiger partial charge in [0.2, 0.25) is 0 Å². The number of nitrogens with zero attached hydrogens (tertiary/aromatic N) is 1. The van der Waals surface area contributed by atoms with Crippen LogP contribution in [-0.2, 0) is 25.9 Å². The van der Waals surface area contributed by atoms with Crippen LogP contribution in [0.5, 0.6) is 0 Å². The van der Waals surface area contributed by atoms with E-state index in [1.54, 1.807) is 0 Å². The van der Waals surface area contributed by atoms with Gasteiger partial charge in [-0.15, -0.1) is 0 Å². The highest BCUT2D eigenvalue weighted by Gasteiger charge is 2.46. The van der Waals surface area contributed by atoms with Crippen LogP contribution >= 0.6 is 7.60 Å². The topological polar surface area (TPSA) is 209 Å². The molecule has 0 spiro atoms. The minimum atomic E-state index is -5.13. The molecule has 0 amide bonds. The Morgan fingerprint density at radius 2 is 2.00 bits per heavy atom. The van der Waals surface area contributed by atoms with Gasteiger partial charge in [-0.2, -0.15) is 0 Å². The molecule has 13 nitrogen and oxygen atoms in total. The number of nitrogens with one attached hydrogen (secondary N) is 1. The SMILES string of the molecule is Cn1c(=O)[nH]cc([C@H]2O[C@H](CO[C@@H](C(=O)O)P(=O)(O)O)[C@@H](O)[C@H]2O)c1=O. The summed E-state index contributed by atoms with van der Waals surface area (Å²) < 4.78 is 21.7. The molecule has 14 heteroatoms. The molecular formula is C12H17N2O11P. The van der Waals surface area contributed by atoms with E-state index in [0.29, 0.717) is 0 Å². The molecule has 1 saturated heterocycles. The Balaban J connectivity index is 2.19. The van der Waals surface area contributed by atoms with Gasteiger partial charge in [0.05, 0.1) is 12.2 Å². The van der Waals surface area contributed by atoms with E-state index in [-0.39, 0.29) is 5.56 Å². The molecule has 146 valence electrons. The minimum Gasteiger partial charge on any atom is -0.479 e. The lowest BCUT2D eigenvalue weighted by atomic mass is 10.0. The summed E-state index contributed by atoms with van der Waals surface area (Å²) in [5, 5.41) is 28.8. The van der Waals surface area contributed by atoms with E-state index in [4.69, 9.17) is 19.6 Å². The summed E-state index contributed by atoms with van der Waals surface area (Å²) in [6.45, 7) is -0.777. The Kier molecular flexibility index (Phi) is 5.82. The van der Waals surface area contributed by atoms with Gasteiger partial charge in [-0.25, -0.2) is 9.59 Å². The highest BCUT2D eigenvalue weighted by atomic mass is 31.2. The van der Waals surface area contributed by atoms with E-state index in [0.717, 1.165) is 10.8 Å². The Morgan fingerprint density at radius 1 is 1.38 bits per heavy atom. The fraction of sp³-hybridized carbons (Fsp3) is 0.583. The first-order valence-electron chi connectivity index (χ1n) is 7.15. The number of carbonyl (C=O) groups is 1. The first-order chi connectivity index (χ1) is 11.9. The van der Waals surface area contributed by atoms with Crippen molar-refractivity contribution in [3.63, 3.8) is 0 Å². The maximum Gasteiger partial charge on any atom is 0.365 e. The highest BCUT2D eigenvalue weighted by molar-refractivity contribution is 7.53. The van der Waals surface area contributed by atoms with Crippen molar-refractivity contribution in [1.29, 1.82) is 0 Å². The largest absolute Gasteiger partial charge is 0.479 e. The van der Waals surface area contributed by atoms with Crippen LogP contribution in [0.15, 0.2) is 15.8 Å². The summed E-state index contributed by atoms with van der Waals surface area (Å²) >= 11 is 0. The van der Waals surface area contributed by atoms with Crippen LogP contribution in [0.3, 0.4) is 0 Å². The predicted molar refractivity (Wildman–Crippen MR) is 81.4 cm³/mol. The number of aliphatic hydroxyl groups is 2. The zero-order chi connectivity index (χ0) is 19.8. The van der Waals surface area contributed by atoms with Crippen LogP contribution in [0.4, 0.5) is 0 Å². The highest BCUT2D eigenvalue weighted by Crippen LogP contribution is 2.42. The third-order valence-electron chi connectivity index (χ3n) is 3.81. The van der Waals surface area contributed by atoms with Crippen LogP contribution < -0.4 is 11.2 Å². The van der Waals surface area contributed by atoms with Gasteiger partial charge in [0.1, 0.15) is 24.4 Å². The molecule has 0 aromatic carbocycles. The summed E-state index contributed by atoms with van der Waals surface area (Å²) in [6, 6.07) is 0. The van der Waals surface area contributed by atoms with E-state index < -0.39 is 61.7 Å². The second kappa shape index (κ2) is 7.40. The second-order valence-corrected chi connectivity index (χ2v) is 7.25. The first-order valence-corrected chi connectivity index (χ1v) is 8.83. The van der Waals surface area contributed by atoms with Gasteiger partial charge in [0.15, 0.2) is 0 Å². The lowest BCUT2D eigenvalue weighted by molar-refractivity contribution is -0.148. The third-order valence-corrected chi connectivity index (χ3v) is 4.79. The van der Waals surface area contributed by atoms with Crippen molar-refractivity contribution in [2.24, 2.45) is 7.05 Å². The summed E-state index contributed by atoms with van der Waals surface area (Å²) in [6.07, 6.45) is -5.00. The molecule has 1 aromatic heterocycles. The standard InChI is InChI=1S/C12H17N2O11P/c1-14-9(17)4(2-13-12(14)20)8-7(16)6(15)5(25-8)3-24-11(10(18)19)26(21,22)23/h2,5-8,11,15-16H,3H2,1H3,(H,13,20)(H,18,19)(H2,21,22,23)/t5-,6-,7-,8-,11-/m1/s1. The first kappa shape index (κ1) is 20.5. The molecule has 5 atom stereocenters. The molecule has 0 aliphatic carbocycles. The number of hydrogen-bond acceptors (Lipinski definition) is 8. The van der Waals surface area contributed by atoms with Crippen molar-refractivity contribution in [3.05, 3.63) is 32.6 Å². The van der Waals surface area contributed by atoms with E-state index in [2.05, 4.69) is 9.72 Å². The van der Waals surface area contributed by atoms with E-state index in [1.807, 2.05) is 0 Å². The quantitative estimate of drug-likeness (QED) is 0.264. The van der Waals surface area contributed by atoms with Gasteiger partial charge < -0.3 is 39.6 Å². The lowest BCUT2D eigenvalue weighted by Gasteiger charge is -2.19. The molecule has 0 radical (unpaired) electrons. The number of aromatic amines is 1. The molecule has 2 rings (SSSR count). The Morgan fingerprint density at radius 3 is 2.54 bits per heavy atom. The third kappa shape index (κ3) is 3.94. The fourth-order valence-corrected chi connectivity index (χ4v) is 3.00. The van der Waals surface area contributed by atoms with Crippen LogP contribution in [0.25, 0.3) is 0 Å². The summed E-state index contributed by atoms with van der Waals surface area (Å²) in [5.74, 6) is -4.40. The van der Waals surface area contributed by atoms with Gasteiger partial charge in [-0.3, -0.25) is 13.9 Å². The summed E-state index contributed by atoms with van der Waals surface area (Å²) in [4.78, 5) is 54.4. The zero-order valence-electron chi connectivity index (χ0n) is 13.3. The van der Waals surface area contributed by atoms with Crippen molar-refractivity contribution in [3.8, 4) is 0 Å². The molecule has 1 aliphatic heterocycles. The average molecular weight is 396 g/mol.